The standard InChI is InChI=1S/C12H10Cl2N2O4.C12H14N4O7S2/c1-12(11(19)20)5-8(10(17)18)15-16(12)9-3-2-6(13)4-7(9)14;1-6-8(7(5-24-6)9(17)22-3)25(20,21)14-10(18)16-12(19)15(2)11(13-16)23-4/h2-4H,5H2,1H3,(H,17,18)(H,19,20);5H,1-4H3,(H,14,18). The smallest absolute Gasteiger partial charge is 0.360 e. The van der Waals surface area contributed by atoms with Crippen LogP contribution in [0.15, 0.2) is 38.4 Å². The van der Waals surface area contributed by atoms with Crippen LogP contribution >= 0.6 is 34.5 Å². The van der Waals surface area contributed by atoms with Crippen molar-refractivity contribution in [2.45, 2.75) is 30.7 Å². The van der Waals surface area contributed by atoms with Gasteiger partial charge in [0.15, 0.2) is 5.54 Å². The van der Waals surface area contributed by atoms with E-state index in [1.165, 1.54) is 51.6 Å². The number of aryl methyl sites for hydroxylation is 1. The summed E-state index contributed by atoms with van der Waals surface area (Å²) < 4.78 is 37.2. The van der Waals surface area contributed by atoms with E-state index in [9.17, 15) is 37.5 Å². The molecule has 3 N–H and O–H groups in total. The summed E-state index contributed by atoms with van der Waals surface area (Å²) in [6.45, 7) is 2.85. The van der Waals surface area contributed by atoms with E-state index in [1.54, 1.807) is 4.72 Å². The molecular weight excluding hydrogens is 683 g/mol. The minimum atomic E-state index is -4.45. The number of methoxy groups -OCH3 is 2. The van der Waals surface area contributed by atoms with Crippen LogP contribution in [-0.4, -0.2) is 82.4 Å². The summed E-state index contributed by atoms with van der Waals surface area (Å²) in [5.74, 6) is -3.32. The number of anilines is 1. The number of sulfonamides is 1. The molecule has 45 heavy (non-hydrogen) atoms. The van der Waals surface area contributed by atoms with E-state index in [-0.39, 0.29) is 39.3 Å². The molecule has 0 fully saturated rings. The maximum atomic E-state index is 12.5. The Labute approximate surface area is 268 Å². The zero-order valence-electron chi connectivity index (χ0n) is 23.9. The fourth-order valence-corrected chi connectivity index (χ4v) is 6.88. The highest BCUT2D eigenvalue weighted by Gasteiger charge is 2.48. The quantitative estimate of drug-likeness (QED) is 0.300. The molecule has 1 aliphatic rings. The Morgan fingerprint density at radius 1 is 1.16 bits per heavy atom. The molecule has 3 aromatic rings. The molecule has 1 aromatic carbocycles. The highest BCUT2D eigenvalue weighted by atomic mass is 35.5. The van der Waals surface area contributed by atoms with Crippen molar-refractivity contribution in [3.8, 4) is 6.01 Å². The van der Waals surface area contributed by atoms with Crippen LogP contribution in [0.3, 0.4) is 0 Å². The lowest BCUT2D eigenvalue weighted by Crippen LogP contribution is -2.47. The largest absolute Gasteiger partial charge is 0.479 e. The molecule has 1 atom stereocenters. The number of halogens is 2. The number of carbonyl (C=O) groups is 4. The summed E-state index contributed by atoms with van der Waals surface area (Å²) in [4.78, 5) is 58.1. The molecule has 1 aliphatic heterocycles. The van der Waals surface area contributed by atoms with Crippen molar-refractivity contribution < 1.29 is 47.3 Å². The second-order valence-electron chi connectivity index (χ2n) is 9.19. The summed E-state index contributed by atoms with van der Waals surface area (Å²) in [6.07, 6.45) is -0.226. The van der Waals surface area contributed by atoms with Gasteiger partial charge in [0.2, 0.25) is 0 Å². The number of benzene rings is 1. The second kappa shape index (κ2) is 13.3. The highest BCUT2D eigenvalue weighted by molar-refractivity contribution is 7.90. The van der Waals surface area contributed by atoms with Crippen molar-refractivity contribution in [3.63, 3.8) is 0 Å². The lowest BCUT2D eigenvalue weighted by molar-refractivity contribution is -0.142. The number of nitrogens with one attached hydrogen (secondary N) is 1. The van der Waals surface area contributed by atoms with Crippen LogP contribution in [0.5, 0.6) is 6.01 Å². The Balaban J connectivity index is 0.000000251. The number of thiophene rings is 1. The summed E-state index contributed by atoms with van der Waals surface area (Å²) in [5, 5.41) is 28.8. The summed E-state index contributed by atoms with van der Waals surface area (Å²) in [7, 11) is -0.816. The van der Waals surface area contributed by atoms with Crippen molar-refractivity contribution in [2.24, 2.45) is 12.1 Å². The van der Waals surface area contributed by atoms with Crippen LogP contribution in [0.4, 0.5) is 10.5 Å². The Morgan fingerprint density at radius 2 is 1.80 bits per heavy atom. The van der Waals surface area contributed by atoms with E-state index in [0.29, 0.717) is 9.70 Å². The molecule has 0 aliphatic carbocycles. The van der Waals surface area contributed by atoms with Crippen LogP contribution < -0.4 is 20.2 Å². The number of ether oxygens (including phenoxy) is 2. The number of amides is 1. The van der Waals surface area contributed by atoms with E-state index >= 15 is 0 Å². The lowest BCUT2D eigenvalue weighted by atomic mass is 9.95. The van der Waals surface area contributed by atoms with Gasteiger partial charge < -0.3 is 19.7 Å². The summed E-state index contributed by atoms with van der Waals surface area (Å²) in [6, 6.07) is 2.97. The molecule has 0 saturated heterocycles. The van der Waals surface area contributed by atoms with Crippen molar-refractivity contribution in [1.29, 1.82) is 0 Å². The molecule has 1 amide bonds. The molecule has 0 saturated carbocycles. The third-order valence-corrected chi connectivity index (χ3v) is 9.26. The van der Waals surface area contributed by atoms with Gasteiger partial charge in [-0.3, -0.25) is 0 Å². The van der Waals surface area contributed by atoms with Crippen LogP contribution in [-0.2, 0) is 31.4 Å². The topological polar surface area (TPSA) is 229 Å². The van der Waals surface area contributed by atoms with Gasteiger partial charge in [-0.15, -0.1) is 21.1 Å². The second-order valence-corrected chi connectivity index (χ2v) is 12.7. The maximum Gasteiger partial charge on any atom is 0.360 e. The van der Waals surface area contributed by atoms with Gasteiger partial charge >= 0.3 is 35.6 Å². The minimum Gasteiger partial charge on any atom is -0.479 e. The van der Waals surface area contributed by atoms with Gasteiger partial charge in [-0.1, -0.05) is 23.2 Å². The average Bonchev–Trinajstić information content (AvgIpc) is 3.62. The number of carboxylic acid groups (broad SMARTS) is 2. The number of rotatable bonds is 7. The third-order valence-electron chi connectivity index (χ3n) is 6.17. The van der Waals surface area contributed by atoms with Crippen molar-refractivity contribution in [1.82, 2.24) is 19.1 Å². The SMILES string of the molecule is CC1(C(=O)O)CC(C(=O)O)=NN1c1ccc(Cl)cc1Cl.COC(=O)c1csc(C)c1S(=O)(=O)NC(=O)n1nc(OC)n(C)c1=O. The normalized spacial score (nSPS) is 15.9. The predicted molar refractivity (Wildman–Crippen MR) is 160 cm³/mol. The number of hydrazone groups is 1. The Hall–Kier alpha value is -4.46. The number of hydrogen-bond donors (Lipinski definition) is 3. The van der Waals surface area contributed by atoms with Gasteiger partial charge in [-0.2, -0.15) is 5.10 Å². The first kappa shape index (κ1) is 35.0. The highest BCUT2D eigenvalue weighted by Crippen LogP contribution is 2.38. The van der Waals surface area contributed by atoms with Gasteiger partial charge in [-0.05, 0) is 32.0 Å². The average molecular weight is 708 g/mol. The molecule has 21 heteroatoms. The molecule has 0 bridgehead atoms. The molecule has 242 valence electrons. The third kappa shape index (κ3) is 6.95. The Kier molecular flexibility index (Phi) is 10.3. The van der Waals surface area contributed by atoms with Crippen LogP contribution in [0.2, 0.25) is 10.0 Å². The van der Waals surface area contributed by atoms with Gasteiger partial charge in [0.1, 0.15) is 10.6 Å². The zero-order chi connectivity index (χ0) is 34.0. The zero-order valence-corrected chi connectivity index (χ0v) is 27.0. The van der Waals surface area contributed by atoms with E-state index in [4.69, 9.17) is 33.0 Å². The predicted octanol–water partition coefficient (Wildman–Crippen LogP) is 2.18. The van der Waals surface area contributed by atoms with Crippen LogP contribution in [0, 0.1) is 6.92 Å². The molecule has 1 unspecified atom stereocenters. The van der Waals surface area contributed by atoms with E-state index in [1.807, 2.05) is 0 Å². The van der Waals surface area contributed by atoms with Crippen LogP contribution in [0.25, 0.3) is 0 Å². The first-order valence-corrected chi connectivity index (χ1v) is 15.2. The molecule has 3 heterocycles. The first-order chi connectivity index (χ1) is 20.9. The minimum absolute atomic E-state index is 0.181. The fraction of sp³-hybridized carbons (Fsp3) is 0.292. The molecule has 0 radical (unpaired) electrons. The van der Waals surface area contributed by atoms with Crippen molar-refractivity contribution in [3.05, 3.63) is 54.5 Å². The maximum absolute atomic E-state index is 12.5. The molecule has 2 aromatic heterocycles. The number of aromatic nitrogens is 3. The van der Waals surface area contributed by atoms with Crippen molar-refractivity contribution in [2.75, 3.05) is 19.2 Å². The van der Waals surface area contributed by atoms with E-state index in [0.717, 1.165) is 28.0 Å². The Bertz CT molecular complexity index is 1900. The van der Waals surface area contributed by atoms with Gasteiger partial charge in [0.25, 0.3) is 10.0 Å². The van der Waals surface area contributed by atoms with Crippen molar-refractivity contribution >= 4 is 79.9 Å². The first-order valence-electron chi connectivity index (χ1n) is 12.1. The van der Waals surface area contributed by atoms with Gasteiger partial charge in [0.05, 0.1) is 30.5 Å². The Morgan fingerprint density at radius 3 is 2.31 bits per heavy atom. The fourth-order valence-electron chi connectivity index (χ4n) is 3.89. The lowest BCUT2D eigenvalue weighted by Gasteiger charge is -2.30. The number of aliphatic carboxylic acids is 2. The molecule has 4 rings (SSSR count). The molecular formula is C24H24Cl2N6O11S2. The number of hydrogen-bond acceptors (Lipinski definition) is 13. The summed E-state index contributed by atoms with van der Waals surface area (Å²) in [5.41, 5.74) is -2.57. The molecule has 17 nitrogen and oxygen atoms in total. The number of nitrogens with zero attached hydrogens (tertiary/aromatic N) is 5. The molecule has 0 spiro atoms. The monoisotopic (exact) mass is 706 g/mol. The van der Waals surface area contributed by atoms with Crippen LogP contribution in [0.1, 0.15) is 28.6 Å². The van der Waals surface area contributed by atoms with Gasteiger partial charge in [-0.25, -0.2) is 46.7 Å². The number of carboxylic acids is 2. The number of carbonyl (C=O) groups excluding carboxylic acids is 2. The van der Waals surface area contributed by atoms with E-state index < -0.39 is 50.1 Å². The van der Waals surface area contributed by atoms with Gasteiger partial charge in [0, 0.05) is 28.7 Å². The summed E-state index contributed by atoms with van der Waals surface area (Å²) >= 11 is 12.8. The number of esters is 1. The van der Waals surface area contributed by atoms with E-state index in [2.05, 4.69) is 14.9 Å².